The second-order valence-electron chi connectivity index (χ2n) is 6.60. The Morgan fingerprint density at radius 3 is 2.45 bits per heavy atom. The Labute approximate surface area is 188 Å². The van der Waals surface area contributed by atoms with Crippen molar-refractivity contribution in [2.75, 3.05) is 15.9 Å². The Hall–Kier alpha value is -2.50. The summed E-state index contributed by atoms with van der Waals surface area (Å²) in [5, 5.41) is 11.0. The lowest BCUT2D eigenvalue weighted by molar-refractivity contribution is -0.117. The fourth-order valence-corrected chi connectivity index (χ4v) is 5.80. The van der Waals surface area contributed by atoms with Gasteiger partial charge in [0.05, 0.1) is 11.9 Å². The Morgan fingerprint density at radius 2 is 1.84 bits per heavy atom. The zero-order valence-corrected chi connectivity index (χ0v) is 19.3. The van der Waals surface area contributed by atoms with Crippen LogP contribution in [0, 0.1) is 5.82 Å². The van der Waals surface area contributed by atoms with Crippen LogP contribution in [-0.4, -0.2) is 36.8 Å². The largest absolute Gasteiger partial charge is 0.299 e. The van der Waals surface area contributed by atoms with Crippen LogP contribution >= 0.6 is 23.1 Å². The van der Waals surface area contributed by atoms with Crippen LogP contribution in [-0.2, 0) is 20.6 Å². The fraction of sp³-hybridized carbons (Fsp3) is 0.250. The van der Waals surface area contributed by atoms with Crippen LogP contribution in [0.5, 0.6) is 0 Å². The van der Waals surface area contributed by atoms with Gasteiger partial charge in [-0.3, -0.25) is 14.4 Å². The first-order valence-electron chi connectivity index (χ1n) is 9.34. The lowest BCUT2D eigenvalue weighted by atomic mass is 10.2. The number of carbonyl (C=O) groups is 1. The smallest absolute Gasteiger partial charge is 0.250 e. The molecule has 2 aromatic carbocycles. The van der Waals surface area contributed by atoms with Gasteiger partial charge in [0.25, 0.3) is 0 Å². The molecule has 7 nitrogen and oxygen atoms in total. The van der Waals surface area contributed by atoms with Crippen LogP contribution in [0.3, 0.4) is 0 Å². The highest BCUT2D eigenvalue weighted by Gasteiger charge is 2.32. The molecule has 0 aliphatic carbocycles. The third-order valence-corrected chi connectivity index (χ3v) is 7.48. The SMILES string of the molecule is CC[C@H](C(=O)Nc1nnc(SCc2ccccc2)s1)N(c1ccc(F)cc1)S(C)(=O)=O. The maximum Gasteiger partial charge on any atom is 0.250 e. The van der Waals surface area contributed by atoms with Crippen LogP contribution in [0.4, 0.5) is 15.2 Å². The summed E-state index contributed by atoms with van der Waals surface area (Å²) in [5.74, 6) is -0.315. The minimum absolute atomic E-state index is 0.210. The number of rotatable bonds is 9. The van der Waals surface area contributed by atoms with E-state index in [9.17, 15) is 17.6 Å². The summed E-state index contributed by atoms with van der Waals surface area (Å²) < 4.78 is 39.8. The highest BCUT2D eigenvalue weighted by molar-refractivity contribution is 8.00. The van der Waals surface area contributed by atoms with Gasteiger partial charge in [0.1, 0.15) is 11.9 Å². The number of nitrogens with zero attached hydrogens (tertiary/aromatic N) is 3. The van der Waals surface area contributed by atoms with E-state index in [1.807, 2.05) is 30.3 Å². The van der Waals surface area contributed by atoms with Gasteiger partial charge in [0.15, 0.2) is 4.34 Å². The topological polar surface area (TPSA) is 92.3 Å². The molecule has 1 heterocycles. The zero-order valence-electron chi connectivity index (χ0n) is 16.9. The first kappa shape index (κ1) is 23.2. The van der Waals surface area contributed by atoms with Crippen LogP contribution in [0.15, 0.2) is 58.9 Å². The molecular weight excluding hydrogens is 459 g/mol. The molecule has 1 aromatic heterocycles. The van der Waals surface area contributed by atoms with E-state index in [-0.39, 0.29) is 17.2 Å². The van der Waals surface area contributed by atoms with Gasteiger partial charge in [-0.15, -0.1) is 10.2 Å². The average molecular weight is 481 g/mol. The first-order valence-corrected chi connectivity index (χ1v) is 13.0. The van der Waals surface area contributed by atoms with Crippen LogP contribution in [0.25, 0.3) is 0 Å². The number of hydrogen-bond acceptors (Lipinski definition) is 7. The normalized spacial score (nSPS) is 12.4. The van der Waals surface area contributed by atoms with Crippen molar-refractivity contribution in [3.63, 3.8) is 0 Å². The number of nitrogens with one attached hydrogen (secondary N) is 1. The van der Waals surface area contributed by atoms with Crippen LogP contribution in [0.1, 0.15) is 18.9 Å². The summed E-state index contributed by atoms with van der Waals surface area (Å²) in [6, 6.07) is 13.8. The first-order chi connectivity index (χ1) is 14.8. The molecule has 0 fully saturated rings. The van der Waals surface area contributed by atoms with Gasteiger partial charge in [-0.25, -0.2) is 12.8 Å². The quantitative estimate of drug-likeness (QED) is 0.365. The van der Waals surface area contributed by atoms with Crippen LogP contribution in [0.2, 0.25) is 0 Å². The fourth-order valence-electron chi connectivity index (χ4n) is 2.87. The summed E-state index contributed by atoms with van der Waals surface area (Å²) in [4.78, 5) is 12.9. The van der Waals surface area contributed by atoms with Gasteiger partial charge in [0.2, 0.25) is 21.1 Å². The van der Waals surface area contributed by atoms with Crippen molar-refractivity contribution >= 4 is 49.8 Å². The second-order valence-corrected chi connectivity index (χ2v) is 10.7. The molecule has 164 valence electrons. The lowest BCUT2D eigenvalue weighted by Gasteiger charge is -2.29. The number of amides is 1. The summed E-state index contributed by atoms with van der Waals surface area (Å²) in [6.45, 7) is 1.70. The number of sulfonamides is 1. The van der Waals surface area contributed by atoms with E-state index < -0.39 is 27.8 Å². The van der Waals surface area contributed by atoms with E-state index >= 15 is 0 Å². The Balaban J connectivity index is 1.72. The summed E-state index contributed by atoms with van der Waals surface area (Å²) >= 11 is 2.71. The van der Waals surface area contributed by atoms with Gasteiger partial charge < -0.3 is 0 Å². The van der Waals surface area contributed by atoms with Crippen molar-refractivity contribution in [3.05, 3.63) is 66.0 Å². The lowest BCUT2D eigenvalue weighted by Crippen LogP contribution is -2.47. The van der Waals surface area contributed by atoms with Crippen molar-refractivity contribution in [3.8, 4) is 0 Å². The highest BCUT2D eigenvalue weighted by atomic mass is 32.2. The van der Waals surface area contributed by atoms with E-state index in [1.165, 1.54) is 35.2 Å². The van der Waals surface area contributed by atoms with E-state index in [0.29, 0.717) is 10.1 Å². The number of thioether (sulfide) groups is 1. The van der Waals surface area contributed by atoms with E-state index in [1.54, 1.807) is 6.92 Å². The van der Waals surface area contributed by atoms with Crippen molar-refractivity contribution in [1.82, 2.24) is 10.2 Å². The van der Waals surface area contributed by atoms with Crippen molar-refractivity contribution in [1.29, 1.82) is 0 Å². The van der Waals surface area contributed by atoms with Gasteiger partial charge in [-0.05, 0) is 36.2 Å². The molecule has 3 rings (SSSR count). The van der Waals surface area contributed by atoms with Gasteiger partial charge in [-0.2, -0.15) is 0 Å². The molecule has 0 saturated heterocycles. The van der Waals surface area contributed by atoms with E-state index in [4.69, 9.17) is 0 Å². The van der Waals surface area contributed by atoms with Crippen molar-refractivity contribution in [2.24, 2.45) is 0 Å². The molecule has 0 saturated carbocycles. The van der Waals surface area contributed by atoms with Crippen molar-refractivity contribution < 1.29 is 17.6 Å². The zero-order chi connectivity index (χ0) is 22.4. The molecule has 31 heavy (non-hydrogen) atoms. The molecule has 0 radical (unpaired) electrons. The molecule has 0 aliphatic heterocycles. The minimum Gasteiger partial charge on any atom is -0.299 e. The molecule has 0 spiro atoms. The highest BCUT2D eigenvalue weighted by Crippen LogP contribution is 2.29. The van der Waals surface area contributed by atoms with Gasteiger partial charge in [0, 0.05) is 5.75 Å². The number of anilines is 2. The summed E-state index contributed by atoms with van der Waals surface area (Å²) in [5.41, 5.74) is 1.35. The average Bonchev–Trinajstić information content (AvgIpc) is 3.18. The number of halogens is 1. The molecule has 0 bridgehead atoms. The number of aromatic nitrogens is 2. The Kier molecular flexibility index (Phi) is 7.63. The maximum atomic E-state index is 13.3. The molecule has 1 amide bonds. The predicted octanol–water partition coefficient (Wildman–Crippen LogP) is 4.15. The van der Waals surface area contributed by atoms with Crippen molar-refractivity contribution in [2.45, 2.75) is 29.5 Å². The third-order valence-electron chi connectivity index (χ3n) is 4.25. The van der Waals surface area contributed by atoms with E-state index in [2.05, 4.69) is 15.5 Å². The maximum absolute atomic E-state index is 13.3. The standard InChI is InChI=1S/C20H21FN4O3S3/c1-3-17(25(31(2,27)28)16-11-9-15(21)10-12-16)18(26)22-19-23-24-20(30-19)29-13-14-7-5-4-6-8-14/h4-12,17H,3,13H2,1-2H3,(H,22,23,26)/t17-/m1/s1. The summed E-state index contributed by atoms with van der Waals surface area (Å²) in [7, 11) is -3.80. The number of carbonyl (C=O) groups excluding carboxylic acids is 1. The Morgan fingerprint density at radius 1 is 1.16 bits per heavy atom. The number of hydrogen-bond donors (Lipinski definition) is 1. The Bertz CT molecular complexity index is 1120. The molecular formula is C20H21FN4O3S3. The molecule has 3 aromatic rings. The summed E-state index contributed by atoms with van der Waals surface area (Å²) in [6.07, 6.45) is 1.22. The number of benzene rings is 2. The molecule has 1 N–H and O–H groups in total. The third kappa shape index (κ3) is 6.25. The van der Waals surface area contributed by atoms with Crippen LogP contribution < -0.4 is 9.62 Å². The monoisotopic (exact) mass is 480 g/mol. The second kappa shape index (κ2) is 10.2. The predicted molar refractivity (Wildman–Crippen MR) is 122 cm³/mol. The molecule has 11 heteroatoms. The van der Waals surface area contributed by atoms with E-state index in [0.717, 1.165) is 28.3 Å². The molecule has 0 unspecified atom stereocenters. The van der Waals surface area contributed by atoms with Gasteiger partial charge in [-0.1, -0.05) is 60.4 Å². The van der Waals surface area contributed by atoms with Gasteiger partial charge >= 0.3 is 0 Å². The molecule has 0 aliphatic rings. The molecule has 1 atom stereocenters. The minimum atomic E-state index is -3.80.